The lowest BCUT2D eigenvalue weighted by Crippen LogP contribution is -2.17. The van der Waals surface area contributed by atoms with Crippen molar-refractivity contribution in [3.8, 4) is 5.69 Å². The molecule has 0 spiro atoms. The van der Waals surface area contributed by atoms with E-state index in [9.17, 15) is 14.4 Å². The molecule has 4 N–H and O–H groups in total. The number of carboxylic acid groups (broad SMARTS) is 1. The fourth-order valence-corrected chi connectivity index (χ4v) is 2.24. The molecule has 9 nitrogen and oxygen atoms in total. The van der Waals surface area contributed by atoms with Gasteiger partial charge in [-0.25, -0.2) is 19.3 Å². The van der Waals surface area contributed by atoms with E-state index in [0.29, 0.717) is 5.69 Å². The second kappa shape index (κ2) is 5.37. The standard InChI is InChI=1S/C14H11N5O4/c15-12(22)10-11-13(17-8(16-10)6-9(20)21)19(14(23)18-11)7-4-2-1-3-5-7/h1-5H,6H2,(H2,15,22)(H,18,23)(H,20,21). The van der Waals surface area contributed by atoms with Crippen LogP contribution in [-0.4, -0.2) is 36.5 Å². The molecule has 2 aromatic heterocycles. The minimum Gasteiger partial charge on any atom is -0.481 e. The van der Waals surface area contributed by atoms with E-state index in [0.717, 1.165) is 0 Å². The van der Waals surface area contributed by atoms with Crippen molar-refractivity contribution in [1.29, 1.82) is 0 Å². The number of benzene rings is 1. The van der Waals surface area contributed by atoms with Gasteiger partial charge in [-0.1, -0.05) is 18.2 Å². The van der Waals surface area contributed by atoms with Crippen LogP contribution in [0.3, 0.4) is 0 Å². The number of aromatic nitrogens is 4. The highest BCUT2D eigenvalue weighted by molar-refractivity contribution is 6.01. The Morgan fingerprint density at radius 3 is 2.52 bits per heavy atom. The Balaban J connectivity index is 2.36. The predicted octanol–water partition coefficient (Wildman–Crippen LogP) is -0.165. The summed E-state index contributed by atoms with van der Waals surface area (Å²) in [4.78, 5) is 45.1. The van der Waals surface area contributed by atoms with Crippen molar-refractivity contribution in [3.63, 3.8) is 0 Å². The van der Waals surface area contributed by atoms with E-state index in [1.807, 2.05) is 0 Å². The van der Waals surface area contributed by atoms with Gasteiger partial charge in [0.25, 0.3) is 5.91 Å². The number of amides is 1. The molecule has 9 heteroatoms. The molecule has 2 heterocycles. The first kappa shape index (κ1) is 14.4. The highest BCUT2D eigenvalue weighted by atomic mass is 16.4. The molecule has 0 aliphatic heterocycles. The maximum Gasteiger partial charge on any atom is 0.332 e. The van der Waals surface area contributed by atoms with Crippen LogP contribution in [0.1, 0.15) is 16.3 Å². The molecule has 0 atom stereocenters. The minimum atomic E-state index is -1.16. The van der Waals surface area contributed by atoms with Crippen LogP contribution >= 0.6 is 0 Å². The van der Waals surface area contributed by atoms with Gasteiger partial charge in [0, 0.05) is 0 Å². The number of aliphatic carboxylic acids is 1. The van der Waals surface area contributed by atoms with Crippen LogP contribution in [0.15, 0.2) is 35.1 Å². The number of primary amides is 1. The second-order valence-corrected chi connectivity index (χ2v) is 4.72. The zero-order valence-electron chi connectivity index (χ0n) is 11.7. The fourth-order valence-electron chi connectivity index (χ4n) is 2.24. The third-order valence-corrected chi connectivity index (χ3v) is 3.14. The van der Waals surface area contributed by atoms with E-state index in [1.54, 1.807) is 30.3 Å². The molecule has 3 aromatic rings. The first-order valence-electron chi connectivity index (χ1n) is 6.56. The molecule has 0 saturated carbocycles. The van der Waals surface area contributed by atoms with Gasteiger partial charge in [0.05, 0.1) is 5.69 Å². The number of rotatable bonds is 4. The number of nitrogens with two attached hydrogens (primary N) is 1. The summed E-state index contributed by atoms with van der Waals surface area (Å²) in [5.41, 5.74) is 5.19. The molecule has 0 bridgehead atoms. The number of carbonyl (C=O) groups excluding carboxylic acids is 1. The molecular formula is C14H11N5O4. The van der Waals surface area contributed by atoms with E-state index in [2.05, 4.69) is 15.0 Å². The van der Waals surface area contributed by atoms with Crippen LogP contribution in [0.2, 0.25) is 0 Å². The molecule has 1 amide bonds. The van der Waals surface area contributed by atoms with Crippen LogP contribution in [0.25, 0.3) is 16.9 Å². The molecular weight excluding hydrogens is 302 g/mol. The number of nitrogens with zero attached hydrogens (tertiary/aromatic N) is 3. The van der Waals surface area contributed by atoms with Crippen molar-refractivity contribution in [2.75, 3.05) is 0 Å². The minimum absolute atomic E-state index is 0.0699. The molecule has 23 heavy (non-hydrogen) atoms. The molecule has 0 radical (unpaired) electrons. The van der Waals surface area contributed by atoms with E-state index in [1.165, 1.54) is 4.57 Å². The van der Waals surface area contributed by atoms with Gasteiger partial charge in [0.2, 0.25) is 0 Å². The first-order valence-corrected chi connectivity index (χ1v) is 6.56. The lowest BCUT2D eigenvalue weighted by molar-refractivity contribution is -0.136. The van der Waals surface area contributed by atoms with Crippen LogP contribution in [0, 0.1) is 0 Å². The Morgan fingerprint density at radius 2 is 1.91 bits per heavy atom. The molecule has 0 saturated heterocycles. The van der Waals surface area contributed by atoms with Gasteiger partial charge in [-0.3, -0.25) is 9.59 Å². The van der Waals surface area contributed by atoms with Gasteiger partial charge in [-0.15, -0.1) is 0 Å². The number of imidazole rings is 1. The largest absolute Gasteiger partial charge is 0.481 e. The SMILES string of the molecule is NC(=O)c1nc(CC(=O)O)nc2c1[nH]c(=O)n2-c1ccccc1. The lowest BCUT2D eigenvalue weighted by Gasteiger charge is -2.05. The normalized spacial score (nSPS) is 10.8. The average Bonchev–Trinajstić information content (AvgIpc) is 2.82. The Labute approximate surface area is 128 Å². The molecule has 1 aromatic carbocycles. The van der Waals surface area contributed by atoms with Crippen molar-refractivity contribution in [3.05, 3.63) is 52.3 Å². The van der Waals surface area contributed by atoms with Crippen LogP contribution < -0.4 is 11.4 Å². The van der Waals surface area contributed by atoms with Crippen molar-refractivity contribution < 1.29 is 14.7 Å². The number of aromatic amines is 1. The summed E-state index contributed by atoms with van der Waals surface area (Å²) in [7, 11) is 0. The maximum absolute atomic E-state index is 12.2. The maximum atomic E-state index is 12.2. The summed E-state index contributed by atoms with van der Waals surface area (Å²) < 4.78 is 1.23. The van der Waals surface area contributed by atoms with E-state index < -0.39 is 24.0 Å². The monoisotopic (exact) mass is 313 g/mol. The third kappa shape index (κ3) is 2.55. The fraction of sp³-hybridized carbons (Fsp3) is 0.0714. The van der Waals surface area contributed by atoms with Gasteiger partial charge in [0.1, 0.15) is 17.8 Å². The number of para-hydroxylation sites is 1. The van der Waals surface area contributed by atoms with E-state index in [-0.39, 0.29) is 22.7 Å². The smallest absolute Gasteiger partial charge is 0.332 e. The summed E-state index contributed by atoms with van der Waals surface area (Å²) in [6, 6.07) is 8.60. The first-order chi connectivity index (χ1) is 11.0. The van der Waals surface area contributed by atoms with Crippen LogP contribution in [-0.2, 0) is 11.2 Å². The average molecular weight is 313 g/mol. The van der Waals surface area contributed by atoms with Gasteiger partial charge in [-0.05, 0) is 12.1 Å². The second-order valence-electron chi connectivity index (χ2n) is 4.72. The number of fused-ring (bicyclic) bond motifs is 1. The Morgan fingerprint density at radius 1 is 1.22 bits per heavy atom. The van der Waals surface area contributed by atoms with Crippen molar-refractivity contribution in [1.82, 2.24) is 19.5 Å². The van der Waals surface area contributed by atoms with Crippen molar-refractivity contribution >= 4 is 23.0 Å². The molecule has 0 aliphatic rings. The number of carboxylic acids is 1. The summed E-state index contributed by atoms with van der Waals surface area (Å²) in [5, 5.41) is 8.89. The molecule has 0 fully saturated rings. The quantitative estimate of drug-likeness (QED) is 0.610. The Bertz CT molecular complexity index is 974. The highest BCUT2D eigenvalue weighted by Crippen LogP contribution is 2.16. The lowest BCUT2D eigenvalue weighted by atomic mass is 10.3. The summed E-state index contributed by atoms with van der Waals surface area (Å²) in [5.74, 6) is -2.16. The topological polar surface area (TPSA) is 144 Å². The zero-order valence-corrected chi connectivity index (χ0v) is 11.7. The van der Waals surface area contributed by atoms with Crippen molar-refractivity contribution in [2.45, 2.75) is 6.42 Å². The van der Waals surface area contributed by atoms with E-state index in [4.69, 9.17) is 10.8 Å². The Kier molecular flexibility index (Phi) is 3.37. The van der Waals surface area contributed by atoms with Gasteiger partial charge in [-0.2, -0.15) is 0 Å². The number of hydrogen-bond acceptors (Lipinski definition) is 5. The summed E-state index contributed by atoms with van der Waals surface area (Å²) in [6.45, 7) is 0. The molecule has 116 valence electrons. The summed E-state index contributed by atoms with van der Waals surface area (Å²) in [6.07, 6.45) is -0.496. The number of H-pyrrole nitrogens is 1. The third-order valence-electron chi connectivity index (χ3n) is 3.14. The number of hydrogen-bond donors (Lipinski definition) is 3. The van der Waals surface area contributed by atoms with Gasteiger partial charge < -0.3 is 15.8 Å². The summed E-state index contributed by atoms with van der Waals surface area (Å²) >= 11 is 0. The number of nitrogens with one attached hydrogen (secondary N) is 1. The predicted molar refractivity (Wildman–Crippen MR) is 79.3 cm³/mol. The molecule has 0 unspecified atom stereocenters. The van der Waals surface area contributed by atoms with Gasteiger partial charge in [0.15, 0.2) is 11.3 Å². The van der Waals surface area contributed by atoms with Crippen LogP contribution in [0.5, 0.6) is 0 Å². The molecule has 3 rings (SSSR count). The highest BCUT2D eigenvalue weighted by Gasteiger charge is 2.20. The van der Waals surface area contributed by atoms with Crippen LogP contribution in [0.4, 0.5) is 0 Å². The molecule has 0 aliphatic carbocycles. The number of carbonyl (C=O) groups is 2. The Hall–Kier alpha value is -3.49. The zero-order chi connectivity index (χ0) is 16.6. The van der Waals surface area contributed by atoms with E-state index >= 15 is 0 Å². The van der Waals surface area contributed by atoms with Crippen molar-refractivity contribution in [2.24, 2.45) is 5.73 Å². The van der Waals surface area contributed by atoms with Gasteiger partial charge >= 0.3 is 11.7 Å².